The van der Waals surface area contributed by atoms with Crippen LogP contribution in [-0.4, -0.2) is 40.7 Å². The quantitative estimate of drug-likeness (QED) is 0.799. The molecule has 0 fully saturated rings. The van der Waals surface area contributed by atoms with Gasteiger partial charge in [-0.15, -0.1) is 11.3 Å². The van der Waals surface area contributed by atoms with Crippen molar-refractivity contribution >= 4 is 29.0 Å². The zero-order valence-electron chi connectivity index (χ0n) is 11.1. The Balaban J connectivity index is 1.69. The van der Waals surface area contributed by atoms with Crippen LogP contribution in [0.15, 0.2) is 0 Å². The molecule has 1 heterocycles. The number of hydrogen-bond donors (Lipinski definition) is 2. The van der Waals surface area contributed by atoms with Gasteiger partial charge in [-0.1, -0.05) is 0 Å². The zero-order valence-corrected chi connectivity index (χ0v) is 12.8. The van der Waals surface area contributed by atoms with Crippen LogP contribution in [0.5, 0.6) is 0 Å². The second-order valence-electron chi connectivity index (χ2n) is 4.67. The first-order valence-electron chi connectivity index (χ1n) is 6.63. The molecule has 0 aromatic carbocycles. The van der Waals surface area contributed by atoms with Gasteiger partial charge in [-0.25, -0.2) is 4.98 Å². The Morgan fingerprint density at radius 3 is 3.16 bits per heavy atom. The molecule has 19 heavy (non-hydrogen) atoms. The molecule has 106 valence electrons. The summed E-state index contributed by atoms with van der Waals surface area (Å²) in [4.78, 5) is 17.6. The number of carbonyl (C=O) groups is 1. The predicted octanol–water partition coefficient (Wildman–Crippen LogP) is 1.40. The first-order chi connectivity index (χ1) is 9.20. The van der Waals surface area contributed by atoms with Crippen molar-refractivity contribution in [3.05, 3.63) is 15.6 Å². The number of aromatic nitrogens is 1. The minimum atomic E-state index is -0.881. The van der Waals surface area contributed by atoms with Crippen molar-refractivity contribution in [3.8, 4) is 0 Å². The predicted molar refractivity (Wildman–Crippen MR) is 79.9 cm³/mol. The molecule has 4 nitrogen and oxygen atoms in total. The third-order valence-electron chi connectivity index (χ3n) is 3.18. The Bertz CT molecular complexity index is 413. The van der Waals surface area contributed by atoms with Gasteiger partial charge in [-0.05, 0) is 37.7 Å². The molecule has 0 spiro atoms. The minimum absolute atomic E-state index is 0.266. The number of aliphatic hydroxyl groups is 1. The summed E-state index contributed by atoms with van der Waals surface area (Å²) in [5.41, 5.74) is 1.26. The molecule has 0 saturated carbocycles. The van der Waals surface area contributed by atoms with Gasteiger partial charge in [0.1, 0.15) is 6.10 Å². The third-order valence-corrected chi connectivity index (χ3v) is 5.04. The minimum Gasteiger partial charge on any atom is -0.383 e. The fourth-order valence-corrected chi connectivity index (χ4v) is 3.74. The summed E-state index contributed by atoms with van der Waals surface area (Å²) < 4.78 is 0. The third kappa shape index (κ3) is 4.19. The Hall–Kier alpha value is -0.590. The number of thiazole rings is 1. The lowest BCUT2D eigenvalue weighted by Crippen LogP contribution is -2.36. The number of nitrogens with one attached hydrogen (secondary N) is 1. The van der Waals surface area contributed by atoms with Crippen LogP contribution < -0.4 is 5.32 Å². The van der Waals surface area contributed by atoms with E-state index in [0.29, 0.717) is 13.0 Å². The Kier molecular flexibility index (Phi) is 5.66. The lowest BCUT2D eigenvalue weighted by molar-refractivity contribution is -0.129. The maximum Gasteiger partial charge on any atom is 0.248 e. The average Bonchev–Trinajstić information content (AvgIpc) is 2.96. The lowest BCUT2D eigenvalue weighted by atomic mass is 10.2. The average molecular weight is 300 g/mol. The van der Waals surface area contributed by atoms with Crippen molar-refractivity contribution < 1.29 is 9.90 Å². The van der Waals surface area contributed by atoms with E-state index in [1.807, 2.05) is 6.26 Å². The molecule has 0 bridgehead atoms. The number of rotatable bonds is 7. The zero-order chi connectivity index (χ0) is 13.7. The summed E-state index contributed by atoms with van der Waals surface area (Å²) >= 11 is 3.40. The molecule has 2 N–H and O–H groups in total. The van der Waals surface area contributed by atoms with E-state index in [0.717, 1.165) is 30.0 Å². The van der Waals surface area contributed by atoms with E-state index in [1.54, 1.807) is 23.1 Å². The highest BCUT2D eigenvalue weighted by Crippen LogP contribution is 2.27. The molecule has 1 amide bonds. The number of amides is 1. The highest BCUT2D eigenvalue weighted by atomic mass is 32.2. The molecule has 1 aliphatic rings. The highest BCUT2D eigenvalue weighted by molar-refractivity contribution is 7.98. The van der Waals surface area contributed by atoms with Crippen molar-refractivity contribution in [1.82, 2.24) is 10.3 Å². The van der Waals surface area contributed by atoms with E-state index in [-0.39, 0.29) is 5.91 Å². The van der Waals surface area contributed by atoms with Crippen molar-refractivity contribution in [2.24, 2.45) is 0 Å². The molecule has 0 saturated heterocycles. The second kappa shape index (κ2) is 7.26. The molecule has 0 radical (unpaired) electrons. The molecular formula is C13H20N2O2S2. The van der Waals surface area contributed by atoms with E-state index < -0.39 is 6.10 Å². The van der Waals surface area contributed by atoms with Crippen LogP contribution in [-0.2, 0) is 24.1 Å². The number of nitrogens with zero attached hydrogens (tertiary/aromatic N) is 1. The molecule has 1 unspecified atom stereocenters. The van der Waals surface area contributed by atoms with E-state index in [9.17, 15) is 9.90 Å². The second-order valence-corrected chi connectivity index (χ2v) is 6.82. The van der Waals surface area contributed by atoms with Crippen LogP contribution in [0, 0.1) is 0 Å². The smallest absolute Gasteiger partial charge is 0.248 e. The molecule has 2 rings (SSSR count). The van der Waals surface area contributed by atoms with Crippen molar-refractivity contribution in [2.75, 3.05) is 18.6 Å². The van der Waals surface area contributed by atoms with Crippen LogP contribution in [0.2, 0.25) is 0 Å². The van der Waals surface area contributed by atoms with Crippen molar-refractivity contribution in [1.29, 1.82) is 0 Å². The summed E-state index contributed by atoms with van der Waals surface area (Å²) in [6, 6.07) is 0. The standard InChI is InChI=1S/C13H20N2O2S2/c1-18-8-6-10(16)13(17)14-7-5-12-15-9-3-2-4-11(9)19-12/h10,16H,2-8H2,1H3,(H,14,17). The number of carbonyl (C=O) groups excluding carboxylic acids is 1. The van der Waals surface area contributed by atoms with Gasteiger partial charge >= 0.3 is 0 Å². The number of thioether (sulfide) groups is 1. The fourth-order valence-electron chi connectivity index (χ4n) is 2.12. The SMILES string of the molecule is CSCCC(O)C(=O)NCCc1nc2c(s1)CCC2. The lowest BCUT2D eigenvalue weighted by Gasteiger charge is -2.09. The van der Waals surface area contributed by atoms with E-state index in [4.69, 9.17) is 0 Å². The molecule has 1 aromatic rings. The highest BCUT2D eigenvalue weighted by Gasteiger charge is 2.17. The van der Waals surface area contributed by atoms with Crippen LogP contribution >= 0.6 is 23.1 Å². The summed E-state index contributed by atoms with van der Waals surface area (Å²) in [6.45, 7) is 0.557. The van der Waals surface area contributed by atoms with Gasteiger partial charge in [0.2, 0.25) is 5.91 Å². The monoisotopic (exact) mass is 300 g/mol. The molecule has 1 aromatic heterocycles. The first kappa shape index (κ1) is 14.8. The number of aliphatic hydroxyl groups excluding tert-OH is 1. The Labute approximate surface area is 122 Å². The topological polar surface area (TPSA) is 62.2 Å². The van der Waals surface area contributed by atoms with Gasteiger partial charge in [-0.3, -0.25) is 4.79 Å². The first-order valence-corrected chi connectivity index (χ1v) is 8.84. The Morgan fingerprint density at radius 2 is 2.42 bits per heavy atom. The summed E-state index contributed by atoms with van der Waals surface area (Å²) in [5, 5.41) is 13.5. The summed E-state index contributed by atoms with van der Waals surface area (Å²) in [7, 11) is 0. The van der Waals surface area contributed by atoms with E-state index >= 15 is 0 Å². The number of aryl methyl sites for hydroxylation is 2. The molecule has 6 heteroatoms. The van der Waals surface area contributed by atoms with E-state index in [1.165, 1.54) is 17.0 Å². The van der Waals surface area contributed by atoms with Gasteiger partial charge in [-0.2, -0.15) is 11.8 Å². The van der Waals surface area contributed by atoms with Gasteiger partial charge in [0, 0.05) is 17.8 Å². The number of fused-ring (bicyclic) bond motifs is 1. The summed E-state index contributed by atoms with van der Waals surface area (Å²) in [5.74, 6) is 0.534. The van der Waals surface area contributed by atoms with Crippen LogP contribution in [0.4, 0.5) is 0 Å². The molecule has 1 aliphatic carbocycles. The Morgan fingerprint density at radius 1 is 1.58 bits per heavy atom. The van der Waals surface area contributed by atoms with E-state index in [2.05, 4.69) is 10.3 Å². The molecule has 1 atom stereocenters. The van der Waals surface area contributed by atoms with Gasteiger partial charge in [0.15, 0.2) is 0 Å². The van der Waals surface area contributed by atoms with Crippen LogP contribution in [0.3, 0.4) is 0 Å². The van der Waals surface area contributed by atoms with Gasteiger partial charge < -0.3 is 10.4 Å². The normalized spacial score (nSPS) is 15.3. The van der Waals surface area contributed by atoms with Gasteiger partial charge in [0.25, 0.3) is 0 Å². The fraction of sp³-hybridized carbons (Fsp3) is 0.692. The molecular weight excluding hydrogens is 280 g/mol. The summed E-state index contributed by atoms with van der Waals surface area (Å²) in [6.07, 6.45) is 5.85. The van der Waals surface area contributed by atoms with Crippen LogP contribution in [0.1, 0.15) is 28.4 Å². The maximum absolute atomic E-state index is 11.6. The van der Waals surface area contributed by atoms with Crippen LogP contribution in [0.25, 0.3) is 0 Å². The maximum atomic E-state index is 11.6. The number of hydrogen-bond acceptors (Lipinski definition) is 5. The largest absolute Gasteiger partial charge is 0.383 e. The van der Waals surface area contributed by atoms with Crippen molar-refractivity contribution in [2.45, 2.75) is 38.2 Å². The van der Waals surface area contributed by atoms with Crippen molar-refractivity contribution in [3.63, 3.8) is 0 Å². The van der Waals surface area contributed by atoms with Gasteiger partial charge in [0.05, 0.1) is 10.7 Å². The molecule has 0 aliphatic heterocycles.